The molecule has 1 unspecified atom stereocenters. The fourth-order valence-electron chi connectivity index (χ4n) is 2.25. The molecular formula is C13H26N4. The van der Waals surface area contributed by atoms with Crippen LogP contribution < -0.4 is 5.73 Å². The van der Waals surface area contributed by atoms with Gasteiger partial charge in [-0.1, -0.05) is 20.8 Å². The second-order valence-electron chi connectivity index (χ2n) is 6.04. The van der Waals surface area contributed by atoms with Crippen molar-refractivity contribution in [1.82, 2.24) is 14.7 Å². The molecule has 1 aromatic rings. The first-order valence-corrected chi connectivity index (χ1v) is 6.15. The normalized spacial score (nSPS) is 14.4. The third kappa shape index (κ3) is 3.54. The lowest BCUT2D eigenvalue weighted by Crippen LogP contribution is -2.36. The van der Waals surface area contributed by atoms with Gasteiger partial charge in [-0.3, -0.25) is 9.58 Å². The number of rotatable bonds is 4. The van der Waals surface area contributed by atoms with Gasteiger partial charge in [-0.05, 0) is 19.4 Å². The zero-order valence-corrected chi connectivity index (χ0v) is 12.0. The second-order valence-corrected chi connectivity index (χ2v) is 6.04. The third-order valence-corrected chi connectivity index (χ3v) is 3.11. The Kier molecular flexibility index (Phi) is 4.33. The average Bonchev–Trinajstić information content (AvgIpc) is 2.48. The Morgan fingerprint density at radius 2 is 2.06 bits per heavy atom. The quantitative estimate of drug-likeness (QED) is 0.868. The molecule has 0 aliphatic heterocycles. The number of aryl methyl sites for hydroxylation is 1. The van der Waals surface area contributed by atoms with Crippen LogP contribution in [0.3, 0.4) is 0 Å². The molecule has 0 aliphatic rings. The van der Waals surface area contributed by atoms with E-state index in [-0.39, 0.29) is 11.5 Å². The van der Waals surface area contributed by atoms with Crippen LogP contribution in [0.25, 0.3) is 0 Å². The monoisotopic (exact) mass is 238 g/mol. The second kappa shape index (κ2) is 5.19. The molecule has 1 aromatic heterocycles. The lowest BCUT2D eigenvalue weighted by atomic mass is 9.94. The largest absolute Gasteiger partial charge is 0.329 e. The van der Waals surface area contributed by atoms with Crippen LogP contribution >= 0.6 is 0 Å². The SMILES string of the molecule is Cc1c(C(CN)N(C)CC(C)(C)C)cnn1C. The molecule has 1 rings (SSSR count). The molecule has 4 heteroatoms. The summed E-state index contributed by atoms with van der Waals surface area (Å²) < 4.78 is 1.91. The van der Waals surface area contributed by atoms with E-state index in [4.69, 9.17) is 5.73 Å². The Bertz CT molecular complexity index is 362. The molecular weight excluding hydrogens is 212 g/mol. The maximum atomic E-state index is 5.92. The summed E-state index contributed by atoms with van der Waals surface area (Å²) in [5.41, 5.74) is 8.63. The minimum absolute atomic E-state index is 0.253. The Hall–Kier alpha value is -0.870. The highest BCUT2D eigenvalue weighted by Crippen LogP contribution is 2.25. The highest BCUT2D eigenvalue weighted by Gasteiger charge is 2.23. The van der Waals surface area contributed by atoms with Gasteiger partial charge < -0.3 is 5.73 Å². The highest BCUT2D eigenvalue weighted by molar-refractivity contribution is 5.21. The number of nitrogens with zero attached hydrogens (tertiary/aromatic N) is 3. The van der Waals surface area contributed by atoms with Crippen LogP contribution in [0.2, 0.25) is 0 Å². The average molecular weight is 238 g/mol. The van der Waals surface area contributed by atoms with E-state index in [1.807, 2.05) is 17.9 Å². The number of hydrogen-bond acceptors (Lipinski definition) is 3. The summed E-state index contributed by atoms with van der Waals surface area (Å²) in [6.07, 6.45) is 1.94. The summed E-state index contributed by atoms with van der Waals surface area (Å²) in [4.78, 5) is 2.32. The zero-order chi connectivity index (χ0) is 13.2. The van der Waals surface area contributed by atoms with Crippen LogP contribution in [0.5, 0.6) is 0 Å². The van der Waals surface area contributed by atoms with E-state index in [2.05, 4.69) is 44.7 Å². The van der Waals surface area contributed by atoms with E-state index < -0.39 is 0 Å². The molecule has 0 saturated carbocycles. The molecule has 0 saturated heterocycles. The molecule has 0 spiro atoms. The van der Waals surface area contributed by atoms with Crippen molar-refractivity contribution < 1.29 is 0 Å². The van der Waals surface area contributed by atoms with Gasteiger partial charge in [0.1, 0.15) is 0 Å². The third-order valence-electron chi connectivity index (χ3n) is 3.11. The van der Waals surface area contributed by atoms with Gasteiger partial charge in [-0.2, -0.15) is 5.10 Å². The van der Waals surface area contributed by atoms with Crippen LogP contribution in [0.15, 0.2) is 6.20 Å². The Balaban J connectivity index is 2.88. The molecule has 0 amide bonds. The molecule has 0 aliphatic carbocycles. The maximum absolute atomic E-state index is 5.92. The molecule has 4 nitrogen and oxygen atoms in total. The minimum Gasteiger partial charge on any atom is -0.329 e. The molecule has 1 heterocycles. The number of hydrogen-bond donors (Lipinski definition) is 1. The Morgan fingerprint density at radius 3 is 2.41 bits per heavy atom. The topological polar surface area (TPSA) is 47.1 Å². The molecule has 0 radical (unpaired) electrons. The van der Waals surface area contributed by atoms with Gasteiger partial charge in [0.05, 0.1) is 12.2 Å². The Labute approximate surface area is 105 Å². The first-order chi connectivity index (χ1) is 7.76. The molecule has 17 heavy (non-hydrogen) atoms. The summed E-state index contributed by atoms with van der Waals surface area (Å²) in [5.74, 6) is 0. The van der Waals surface area contributed by atoms with Crippen molar-refractivity contribution in [2.24, 2.45) is 18.2 Å². The summed E-state index contributed by atoms with van der Waals surface area (Å²) >= 11 is 0. The number of likely N-dealkylation sites (N-methyl/N-ethyl adjacent to an activating group) is 1. The molecule has 2 N–H and O–H groups in total. The number of aromatic nitrogens is 2. The summed E-state index contributed by atoms with van der Waals surface area (Å²) in [7, 11) is 4.10. The van der Waals surface area contributed by atoms with Crippen molar-refractivity contribution in [2.75, 3.05) is 20.1 Å². The van der Waals surface area contributed by atoms with Gasteiger partial charge in [0, 0.05) is 31.4 Å². The predicted molar refractivity (Wildman–Crippen MR) is 71.8 cm³/mol. The van der Waals surface area contributed by atoms with E-state index in [0.29, 0.717) is 6.54 Å². The fraction of sp³-hybridized carbons (Fsp3) is 0.769. The van der Waals surface area contributed by atoms with Crippen molar-refractivity contribution in [2.45, 2.75) is 33.7 Å². The molecule has 0 aromatic carbocycles. The van der Waals surface area contributed by atoms with Crippen LogP contribution in [-0.4, -0.2) is 34.8 Å². The first kappa shape index (κ1) is 14.2. The molecule has 0 bridgehead atoms. The summed E-state index contributed by atoms with van der Waals surface area (Å²) in [6.45, 7) is 10.5. The van der Waals surface area contributed by atoms with Crippen molar-refractivity contribution >= 4 is 0 Å². The lowest BCUT2D eigenvalue weighted by molar-refractivity contribution is 0.175. The van der Waals surface area contributed by atoms with E-state index in [1.54, 1.807) is 0 Å². The van der Waals surface area contributed by atoms with Gasteiger partial charge in [-0.25, -0.2) is 0 Å². The summed E-state index contributed by atoms with van der Waals surface area (Å²) in [5, 5.41) is 4.30. The van der Waals surface area contributed by atoms with Gasteiger partial charge in [-0.15, -0.1) is 0 Å². The van der Waals surface area contributed by atoms with Crippen molar-refractivity contribution in [1.29, 1.82) is 0 Å². The van der Waals surface area contributed by atoms with E-state index in [1.165, 1.54) is 11.3 Å². The predicted octanol–water partition coefficient (Wildman–Crippen LogP) is 1.71. The smallest absolute Gasteiger partial charge is 0.0540 e. The lowest BCUT2D eigenvalue weighted by Gasteiger charge is -2.32. The molecule has 1 atom stereocenters. The van der Waals surface area contributed by atoms with Gasteiger partial charge in [0.15, 0.2) is 0 Å². The first-order valence-electron chi connectivity index (χ1n) is 6.15. The van der Waals surface area contributed by atoms with E-state index in [0.717, 1.165) is 6.54 Å². The van der Waals surface area contributed by atoms with Crippen molar-refractivity contribution in [3.8, 4) is 0 Å². The highest BCUT2D eigenvalue weighted by atomic mass is 15.3. The van der Waals surface area contributed by atoms with Crippen LogP contribution in [0.1, 0.15) is 38.1 Å². The molecule has 0 fully saturated rings. The van der Waals surface area contributed by atoms with Gasteiger partial charge in [0.25, 0.3) is 0 Å². The van der Waals surface area contributed by atoms with E-state index >= 15 is 0 Å². The van der Waals surface area contributed by atoms with Gasteiger partial charge >= 0.3 is 0 Å². The van der Waals surface area contributed by atoms with Crippen LogP contribution in [0, 0.1) is 12.3 Å². The fourth-order valence-corrected chi connectivity index (χ4v) is 2.25. The minimum atomic E-state index is 0.253. The Morgan fingerprint density at radius 1 is 1.47 bits per heavy atom. The molecule has 98 valence electrons. The van der Waals surface area contributed by atoms with Crippen LogP contribution in [0.4, 0.5) is 0 Å². The van der Waals surface area contributed by atoms with Crippen molar-refractivity contribution in [3.05, 3.63) is 17.5 Å². The van der Waals surface area contributed by atoms with E-state index in [9.17, 15) is 0 Å². The number of nitrogens with two attached hydrogens (primary N) is 1. The van der Waals surface area contributed by atoms with Crippen LogP contribution in [-0.2, 0) is 7.05 Å². The van der Waals surface area contributed by atoms with Crippen molar-refractivity contribution in [3.63, 3.8) is 0 Å². The zero-order valence-electron chi connectivity index (χ0n) is 12.0. The summed E-state index contributed by atoms with van der Waals surface area (Å²) in [6, 6.07) is 0.253. The van der Waals surface area contributed by atoms with Gasteiger partial charge in [0.2, 0.25) is 0 Å². The maximum Gasteiger partial charge on any atom is 0.0540 e. The standard InChI is InChI=1S/C13H26N4/c1-10-11(8-15-17(10)6)12(7-14)16(5)9-13(2,3)4/h8,12H,7,9,14H2,1-6H3.